The van der Waals surface area contributed by atoms with E-state index >= 15 is 0 Å². The van der Waals surface area contributed by atoms with Crippen LogP contribution in [0.15, 0.2) is 5.03 Å². The van der Waals surface area contributed by atoms with Gasteiger partial charge in [0.1, 0.15) is 0 Å². The van der Waals surface area contributed by atoms with Crippen LogP contribution in [0.1, 0.15) is 6.92 Å². The van der Waals surface area contributed by atoms with E-state index in [1.54, 1.807) is 0 Å². The Labute approximate surface area is 78.2 Å². The maximum atomic E-state index is 10.8. The lowest BCUT2D eigenvalue weighted by Gasteiger charge is -1.97. The van der Waals surface area contributed by atoms with E-state index in [1.165, 1.54) is 6.92 Å². The van der Waals surface area contributed by atoms with Gasteiger partial charge < -0.3 is 5.32 Å². The summed E-state index contributed by atoms with van der Waals surface area (Å²) in [5, 5.41) is 9.97. The molecule has 0 atom stereocenters. The molecule has 0 aliphatic carbocycles. The third-order valence-electron chi connectivity index (χ3n) is 1.02. The van der Waals surface area contributed by atoms with E-state index in [0.717, 1.165) is 11.5 Å². The van der Waals surface area contributed by atoms with E-state index in [-0.39, 0.29) is 5.00 Å². The number of anilines is 1. The normalized spacial score (nSPS) is 11.2. The van der Waals surface area contributed by atoms with E-state index in [9.17, 15) is 13.2 Å². The number of amides is 1. The number of sulfonamides is 1. The zero-order valence-electron chi connectivity index (χ0n) is 6.51. The third-order valence-corrected chi connectivity index (χ3v) is 2.61. The van der Waals surface area contributed by atoms with Gasteiger partial charge in [-0.05, 0) is 0 Å². The van der Waals surface area contributed by atoms with Crippen molar-refractivity contribution >= 4 is 32.5 Å². The topological polar surface area (TPSA) is 115 Å². The van der Waals surface area contributed by atoms with Gasteiger partial charge >= 0.3 is 0 Å². The summed E-state index contributed by atoms with van der Waals surface area (Å²) in [5.74, 6) is -0.407. The molecule has 7 nitrogen and oxygen atoms in total. The minimum absolute atomic E-state index is 0.0370. The summed E-state index contributed by atoms with van der Waals surface area (Å²) in [6.07, 6.45) is 0. The molecule has 0 saturated carbocycles. The number of carbonyl (C=O) groups excluding carboxylic acids is 1. The monoisotopic (exact) mass is 222 g/mol. The number of hydrogen-bond acceptors (Lipinski definition) is 6. The maximum Gasteiger partial charge on any atom is 0.260 e. The summed E-state index contributed by atoms with van der Waals surface area (Å²) in [5.41, 5.74) is 0. The average molecular weight is 222 g/mol. The minimum Gasteiger partial charge on any atom is -0.314 e. The van der Waals surface area contributed by atoms with Gasteiger partial charge in [0.25, 0.3) is 10.0 Å². The zero-order chi connectivity index (χ0) is 10.1. The van der Waals surface area contributed by atoms with Crippen molar-refractivity contribution in [3.63, 3.8) is 0 Å². The van der Waals surface area contributed by atoms with Crippen molar-refractivity contribution in [2.45, 2.75) is 11.9 Å². The lowest BCUT2D eigenvalue weighted by molar-refractivity contribution is -0.114. The first-order valence-electron chi connectivity index (χ1n) is 3.04. The molecule has 0 bridgehead atoms. The average Bonchev–Trinajstić information content (AvgIpc) is 2.31. The van der Waals surface area contributed by atoms with Crippen molar-refractivity contribution in [1.29, 1.82) is 0 Å². The van der Waals surface area contributed by atoms with Crippen LogP contribution < -0.4 is 10.5 Å². The van der Waals surface area contributed by atoms with Crippen molar-refractivity contribution in [2.75, 3.05) is 5.32 Å². The fourth-order valence-corrected chi connectivity index (χ4v) is 2.09. The molecule has 0 aliphatic heterocycles. The molecular formula is C4H6N4O3S2. The number of hydrogen-bond donors (Lipinski definition) is 2. The molecule has 0 aliphatic rings. The molecule has 0 radical (unpaired) electrons. The molecule has 1 aromatic heterocycles. The molecule has 13 heavy (non-hydrogen) atoms. The molecule has 0 unspecified atom stereocenters. The molecule has 9 heteroatoms. The van der Waals surface area contributed by atoms with E-state index in [4.69, 9.17) is 5.14 Å². The van der Waals surface area contributed by atoms with Crippen molar-refractivity contribution in [2.24, 2.45) is 5.14 Å². The van der Waals surface area contributed by atoms with Crippen molar-refractivity contribution in [3.8, 4) is 0 Å². The number of rotatable bonds is 2. The fraction of sp³-hybridized carbons (Fsp3) is 0.250. The first kappa shape index (κ1) is 10.0. The van der Waals surface area contributed by atoms with Crippen LogP contribution in [0.3, 0.4) is 0 Å². The zero-order valence-corrected chi connectivity index (χ0v) is 8.15. The van der Waals surface area contributed by atoms with Gasteiger partial charge in [0.2, 0.25) is 10.9 Å². The second kappa shape index (κ2) is 3.36. The number of nitrogens with zero attached hydrogens (tertiary/aromatic N) is 2. The van der Waals surface area contributed by atoms with Gasteiger partial charge in [0, 0.05) is 18.5 Å². The van der Waals surface area contributed by atoms with Crippen molar-refractivity contribution in [3.05, 3.63) is 0 Å². The molecule has 1 heterocycles. The summed E-state index contributed by atoms with van der Waals surface area (Å²) in [4.78, 5) is 10.6. The molecular weight excluding hydrogens is 216 g/mol. The number of primary sulfonamides is 1. The maximum absolute atomic E-state index is 10.8. The Morgan fingerprint density at radius 3 is 2.69 bits per heavy atom. The Kier molecular flexibility index (Phi) is 2.59. The minimum atomic E-state index is -3.91. The largest absolute Gasteiger partial charge is 0.314 e. The summed E-state index contributed by atoms with van der Waals surface area (Å²) in [7, 11) is -3.91. The van der Waals surface area contributed by atoms with Gasteiger partial charge in [-0.25, -0.2) is 13.6 Å². The van der Waals surface area contributed by atoms with E-state index in [1.807, 2.05) is 0 Å². The molecule has 72 valence electrons. The summed E-state index contributed by atoms with van der Waals surface area (Å²) in [6, 6.07) is 0. The smallest absolute Gasteiger partial charge is 0.260 e. The molecule has 0 saturated heterocycles. The molecule has 1 rings (SSSR count). The van der Waals surface area contributed by atoms with Crippen LogP contribution >= 0.6 is 11.5 Å². The van der Waals surface area contributed by atoms with E-state index in [0.29, 0.717) is 0 Å². The van der Waals surface area contributed by atoms with Crippen LogP contribution in [-0.2, 0) is 14.8 Å². The molecule has 0 aromatic carbocycles. The van der Waals surface area contributed by atoms with Crippen molar-refractivity contribution in [1.82, 2.24) is 9.59 Å². The molecule has 1 aromatic rings. The highest BCUT2D eigenvalue weighted by atomic mass is 32.2. The van der Waals surface area contributed by atoms with Crippen LogP contribution in [0, 0.1) is 0 Å². The molecule has 1 amide bonds. The van der Waals surface area contributed by atoms with Gasteiger partial charge in [-0.1, -0.05) is 4.49 Å². The van der Waals surface area contributed by atoms with Gasteiger partial charge in [-0.3, -0.25) is 4.79 Å². The van der Waals surface area contributed by atoms with Gasteiger partial charge in [-0.15, -0.1) is 5.10 Å². The Hall–Kier alpha value is -1.06. The number of nitrogens with two attached hydrogens (primary N) is 1. The summed E-state index contributed by atoms with van der Waals surface area (Å²) < 4.78 is 25.0. The number of nitrogens with one attached hydrogen (secondary N) is 1. The Morgan fingerprint density at radius 1 is 1.62 bits per heavy atom. The number of carbonyl (C=O) groups is 1. The van der Waals surface area contributed by atoms with Gasteiger partial charge in [-0.2, -0.15) is 0 Å². The lowest BCUT2D eigenvalue weighted by atomic mass is 10.7. The Bertz CT molecular complexity index is 422. The van der Waals surface area contributed by atoms with Crippen LogP contribution in [0.5, 0.6) is 0 Å². The van der Waals surface area contributed by atoms with Gasteiger partial charge in [0.05, 0.1) is 0 Å². The molecule has 3 N–H and O–H groups in total. The third kappa shape index (κ3) is 2.44. The second-order valence-electron chi connectivity index (χ2n) is 2.13. The van der Waals surface area contributed by atoms with E-state index < -0.39 is 21.0 Å². The quantitative estimate of drug-likeness (QED) is 0.675. The van der Waals surface area contributed by atoms with E-state index in [2.05, 4.69) is 14.9 Å². The van der Waals surface area contributed by atoms with Crippen LogP contribution in [0.4, 0.5) is 5.00 Å². The standard InChI is InChI=1S/C4H6N4O3S2/c1-2(9)6-3-4(7-8-12-3)13(5,10)11/h1H3,(H,6,9)(H2,5,10,11). The van der Waals surface area contributed by atoms with Crippen LogP contribution in [0.2, 0.25) is 0 Å². The number of aromatic nitrogens is 2. The summed E-state index contributed by atoms with van der Waals surface area (Å²) in [6.45, 7) is 1.24. The lowest BCUT2D eigenvalue weighted by Crippen LogP contribution is -2.16. The first-order valence-corrected chi connectivity index (χ1v) is 5.36. The highest BCUT2D eigenvalue weighted by Gasteiger charge is 2.19. The molecule has 0 fully saturated rings. The second-order valence-corrected chi connectivity index (χ2v) is 4.36. The SMILES string of the molecule is CC(=O)Nc1snnc1S(N)(=O)=O. The Balaban J connectivity index is 3.11. The van der Waals surface area contributed by atoms with Crippen LogP contribution in [-0.4, -0.2) is 23.9 Å². The Morgan fingerprint density at radius 2 is 2.23 bits per heavy atom. The van der Waals surface area contributed by atoms with Gasteiger partial charge in [0.15, 0.2) is 5.00 Å². The first-order chi connectivity index (χ1) is 5.91. The summed E-state index contributed by atoms with van der Waals surface area (Å²) >= 11 is 0.753. The molecule has 0 spiro atoms. The highest BCUT2D eigenvalue weighted by Crippen LogP contribution is 2.20. The predicted molar refractivity (Wildman–Crippen MR) is 45.6 cm³/mol. The van der Waals surface area contributed by atoms with Crippen LogP contribution in [0.25, 0.3) is 0 Å². The highest BCUT2D eigenvalue weighted by molar-refractivity contribution is 7.89. The fourth-order valence-electron chi connectivity index (χ4n) is 0.605. The van der Waals surface area contributed by atoms with Crippen molar-refractivity contribution < 1.29 is 13.2 Å². The predicted octanol–water partition coefficient (Wildman–Crippen LogP) is -0.856.